The summed E-state index contributed by atoms with van der Waals surface area (Å²) in [5, 5.41) is 6.80. The van der Waals surface area contributed by atoms with Gasteiger partial charge in [0.15, 0.2) is 0 Å². The van der Waals surface area contributed by atoms with Gasteiger partial charge < -0.3 is 20.1 Å². The SMILES string of the molecule is CCCCOc1ccc(NCCNc2ccc(OC(C)C)cc2)cc1. The molecule has 0 fully saturated rings. The van der Waals surface area contributed by atoms with E-state index in [0.717, 1.165) is 55.4 Å². The van der Waals surface area contributed by atoms with Crippen LogP contribution in [-0.4, -0.2) is 25.8 Å². The fraction of sp³-hybridized carbons (Fsp3) is 0.429. The fourth-order valence-electron chi connectivity index (χ4n) is 2.34. The van der Waals surface area contributed by atoms with Gasteiger partial charge in [0.1, 0.15) is 11.5 Å². The first-order valence-corrected chi connectivity index (χ1v) is 9.14. The minimum atomic E-state index is 0.200. The van der Waals surface area contributed by atoms with Gasteiger partial charge in [0.2, 0.25) is 0 Å². The Labute approximate surface area is 151 Å². The summed E-state index contributed by atoms with van der Waals surface area (Å²) in [5.41, 5.74) is 2.20. The van der Waals surface area contributed by atoms with E-state index in [2.05, 4.69) is 29.7 Å². The highest BCUT2D eigenvalue weighted by Crippen LogP contribution is 2.17. The van der Waals surface area contributed by atoms with Gasteiger partial charge in [-0.2, -0.15) is 0 Å². The van der Waals surface area contributed by atoms with Crippen LogP contribution in [0.15, 0.2) is 48.5 Å². The number of hydrogen-bond acceptors (Lipinski definition) is 4. The lowest BCUT2D eigenvalue weighted by atomic mass is 10.3. The number of hydrogen-bond donors (Lipinski definition) is 2. The van der Waals surface area contributed by atoms with Crippen molar-refractivity contribution in [1.82, 2.24) is 0 Å². The molecule has 0 spiro atoms. The zero-order valence-corrected chi connectivity index (χ0v) is 15.5. The molecule has 136 valence electrons. The first-order valence-electron chi connectivity index (χ1n) is 9.14. The lowest BCUT2D eigenvalue weighted by Crippen LogP contribution is -2.13. The average molecular weight is 342 g/mol. The van der Waals surface area contributed by atoms with E-state index < -0.39 is 0 Å². The molecule has 2 aromatic rings. The normalized spacial score (nSPS) is 10.6. The van der Waals surface area contributed by atoms with Crippen LogP contribution in [0.25, 0.3) is 0 Å². The third-order valence-electron chi connectivity index (χ3n) is 3.63. The zero-order chi connectivity index (χ0) is 17.9. The van der Waals surface area contributed by atoms with E-state index in [1.807, 2.05) is 50.2 Å². The van der Waals surface area contributed by atoms with Crippen molar-refractivity contribution < 1.29 is 9.47 Å². The fourth-order valence-corrected chi connectivity index (χ4v) is 2.34. The summed E-state index contributed by atoms with van der Waals surface area (Å²) in [7, 11) is 0. The van der Waals surface area contributed by atoms with Crippen LogP contribution in [-0.2, 0) is 0 Å². The summed E-state index contributed by atoms with van der Waals surface area (Å²) >= 11 is 0. The van der Waals surface area contributed by atoms with Crippen LogP contribution in [0.1, 0.15) is 33.6 Å². The summed E-state index contributed by atoms with van der Waals surface area (Å²) < 4.78 is 11.3. The number of unbranched alkanes of at least 4 members (excludes halogenated alkanes) is 1. The minimum absolute atomic E-state index is 0.200. The Bertz CT molecular complexity index is 594. The molecule has 2 rings (SSSR count). The molecule has 0 aliphatic heterocycles. The van der Waals surface area contributed by atoms with Gasteiger partial charge in [-0.3, -0.25) is 0 Å². The van der Waals surface area contributed by atoms with Crippen LogP contribution in [0, 0.1) is 0 Å². The van der Waals surface area contributed by atoms with E-state index >= 15 is 0 Å². The number of nitrogens with one attached hydrogen (secondary N) is 2. The molecule has 0 saturated heterocycles. The number of rotatable bonds is 11. The summed E-state index contributed by atoms with van der Waals surface area (Å²) in [4.78, 5) is 0. The van der Waals surface area contributed by atoms with Crippen molar-refractivity contribution in [3.8, 4) is 11.5 Å². The number of anilines is 2. The van der Waals surface area contributed by atoms with Crippen molar-refractivity contribution in [2.45, 2.75) is 39.7 Å². The van der Waals surface area contributed by atoms with Gasteiger partial charge in [-0.05, 0) is 68.8 Å². The van der Waals surface area contributed by atoms with E-state index in [4.69, 9.17) is 9.47 Å². The first-order chi connectivity index (χ1) is 12.2. The van der Waals surface area contributed by atoms with Crippen molar-refractivity contribution in [3.05, 3.63) is 48.5 Å². The third-order valence-corrected chi connectivity index (χ3v) is 3.63. The molecule has 0 aliphatic rings. The molecule has 0 atom stereocenters. The molecule has 2 N–H and O–H groups in total. The van der Waals surface area contributed by atoms with Gasteiger partial charge in [0.05, 0.1) is 12.7 Å². The van der Waals surface area contributed by atoms with Gasteiger partial charge in [0, 0.05) is 24.5 Å². The van der Waals surface area contributed by atoms with Gasteiger partial charge in [-0.15, -0.1) is 0 Å². The molecule has 0 heterocycles. The molecule has 2 aromatic carbocycles. The van der Waals surface area contributed by atoms with Crippen LogP contribution in [0.4, 0.5) is 11.4 Å². The van der Waals surface area contributed by atoms with E-state index in [1.165, 1.54) is 0 Å². The van der Waals surface area contributed by atoms with Gasteiger partial charge in [0.25, 0.3) is 0 Å². The second-order valence-corrected chi connectivity index (χ2v) is 6.27. The molecule has 0 unspecified atom stereocenters. The quantitative estimate of drug-likeness (QED) is 0.552. The Morgan fingerprint density at radius 2 is 1.32 bits per heavy atom. The van der Waals surface area contributed by atoms with Crippen molar-refractivity contribution in [1.29, 1.82) is 0 Å². The van der Waals surface area contributed by atoms with Crippen LogP contribution in [0.2, 0.25) is 0 Å². The summed E-state index contributed by atoms with van der Waals surface area (Å²) in [5.74, 6) is 1.83. The molecule has 0 radical (unpaired) electrons. The van der Waals surface area contributed by atoms with Crippen molar-refractivity contribution in [2.24, 2.45) is 0 Å². The Balaban J connectivity index is 1.67. The average Bonchev–Trinajstić information content (AvgIpc) is 2.61. The maximum absolute atomic E-state index is 5.67. The first kappa shape index (κ1) is 19.0. The summed E-state index contributed by atoms with van der Waals surface area (Å²) in [6, 6.07) is 16.2. The van der Waals surface area contributed by atoms with E-state index in [9.17, 15) is 0 Å². The Morgan fingerprint density at radius 1 is 0.800 bits per heavy atom. The second kappa shape index (κ2) is 10.5. The van der Waals surface area contributed by atoms with Crippen molar-refractivity contribution >= 4 is 11.4 Å². The third kappa shape index (κ3) is 7.38. The van der Waals surface area contributed by atoms with Crippen molar-refractivity contribution in [3.63, 3.8) is 0 Å². The molecule has 4 nitrogen and oxygen atoms in total. The van der Waals surface area contributed by atoms with E-state index in [-0.39, 0.29) is 6.10 Å². The highest BCUT2D eigenvalue weighted by Gasteiger charge is 1.98. The second-order valence-electron chi connectivity index (χ2n) is 6.27. The topological polar surface area (TPSA) is 42.5 Å². The van der Waals surface area contributed by atoms with Gasteiger partial charge >= 0.3 is 0 Å². The molecular weight excluding hydrogens is 312 g/mol. The highest BCUT2D eigenvalue weighted by molar-refractivity contribution is 5.48. The minimum Gasteiger partial charge on any atom is -0.494 e. The van der Waals surface area contributed by atoms with E-state index in [1.54, 1.807) is 0 Å². The van der Waals surface area contributed by atoms with Crippen molar-refractivity contribution in [2.75, 3.05) is 30.3 Å². The largest absolute Gasteiger partial charge is 0.494 e. The highest BCUT2D eigenvalue weighted by atomic mass is 16.5. The predicted octanol–water partition coefficient (Wildman–Crippen LogP) is 5.18. The summed E-state index contributed by atoms with van der Waals surface area (Å²) in [6.07, 6.45) is 2.45. The Hall–Kier alpha value is -2.36. The Morgan fingerprint density at radius 3 is 1.80 bits per heavy atom. The number of benzene rings is 2. The van der Waals surface area contributed by atoms with Gasteiger partial charge in [-0.25, -0.2) is 0 Å². The molecule has 0 aromatic heterocycles. The van der Waals surface area contributed by atoms with Gasteiger partial charge in [-0.1, -0.05) is 13.3 Å². The zero-order valence-electron chi connectivity index (χ0n) is 15.5. The molecule has 0 bridgehead atoms. The predicted molar refractivity (Wildman–Crippen MR) is 106 cm³/mol. The molecule has 0 saturated carbocycles. The molecule has 0 amide bonds. The van der Waals surface area contributed by atoms with Crippen LogP contribution < -0.4 is 20.1 Å². The molecular formula is C21H30N2O2. The number of ether oxygens (including phenoxy) is 2. The molecule has 0 aliphatic carbocycles. The van der Waals surface area contributed by atoms with Crippen LogP contribution in [0.3, 0.4) is 0 Å². The maximum atomic E-state index is 5.67. The lowest BCUT2D eigenvalue weighted by molar-refractivity contribution is 0.242. The summed E-state index contributed by atoms with van der Waals surface area (Å²) in [6.45, 7) is 8.70. The Kier molecular flexibility index (Phi) is 7.96. The monoisotopic (exact) mass is 342 g/mol. The maximum Gasteiger partial charge on any atom is 0.119 e. The van der Waals surface area contributed by atoms with E-state index in [0.29, 0.717) is 0 Å². The standard InChI is InChI=1S/C21H30N2O2/c1-4-5-16-24-20-10-6-18(7-11-20)22-14-15-23-19-8-12-21(13-9-19)25-17(2)3/h6-13,17,22-23H,4-5,14-16H2,1-3H3. The lowest BCUT2D eigenvalue weighted by Gasteiger charge is -2.12. The van der Waals surface area contributed by atoms with Crippen LogP contribution >= 0.6 is 0 Å². The van der Waals surface area contributed by atoms with Crippen LogP contribution in [0.5, 0.6) is 11.5 Å². The molecule has 4 heteroatoms. The molecule has 25 heavy (non-hydrogen) atoms. The smallest absolute Gasteiger partial charge is 0.119 e.